The van der Waals surface area contributed by atoms with Crippen LogP contribution in [-0.2, 0) is 9.47 Å². The molecular formula is C8H15IO2. The van der Waals surface area contributed by atoms with Crippen molar-refractivity contribution in [2.75, 3.05) is 17.6 Å². The molecule has 0 spiro atoms. The topological polar surface area (TPSA) is 18.5 Å². The molecule has 0 aromatic rings. The minimum absolute atomic E-state index is 0.263. The lowest BCUT2D eigenvalue weighted by Gasteiger charge is -2.30. The molecule has 2 nitrogen and oxygen atoms in total. The Morgan fingerprint density at radius 1 is 1.36 bits per heavy atom. The van der Waals surface area contributed by atoms with Gasteiger partial charge in [-0.3, -0.25) is 0 Å². The van der Waals surface area contributed by atoms with E-state index in [4.69, 9.17) is 9.47 Å². The highest BCUT2D eigenvalue weighted by atomic mass is 127. The van der Waals surface area contributed by atoms with Gasteiger partial charge in [0.05, 0.1) is 13.2 Å². The number of alkyl halides is 1. The number of ether oxygens (including phenoxy) is 2. The molecule has 1 fully saturated rings. The van der Waals surface area contributed by atoms with Gasteiger partial charge in [-0.2, -0.15) is 0 Å². The zero-order valence-corrected chi connectivity index (χ0v) is 9.26. The summed E-state index contributed by atoms with van der Waals surface area (Å²) in [5.41, 5.74) is 0. The predicted molar refractivity (Wildman–Crippen MR) is 53.0 cm³/mol. The summed E-state index contributed by atoms with van der Waals surface area (Å²) < 4.78 is 12.3. The molecule has 0 aromatic heterocycles. The third-order valence-corrected chi connectivity index (χ3v) is 2.64. The zero-order valence-electron chi connectivity index (χ0n) is 7.10. The molecule has 0 aliphatic carbocycles. The van der Waals surface area contributed by atoms with Crippen molar-refractivity contribution in [1.82, 2.24) is 0 Å². The van der Waals surface area contributed by atoms with Crippen molar-refractivity contribution >= 4 is 22.6 Å². The van der Waals surface area contributed by atoms with E-state index in [0.717, 1.165) is 24.1 Å². The lowest BCUT2D eigenvalue weighted by molar-refractivity contribution is -0.188. The number of rotatable bonds is 3. The quantitative estimate of drug-likeness (QED) is 0.578. The van der Waals surface area contributed by atoms with E-state index < -0.39 is 0 Å². The number of hydrogen-bond acceptors (Lipinski definition) is 2. The lowest BCUT2D eigenvalue weighted by atomic mass is 10.0. The van der Waals surface area contributed by atoms with E-state index >= 15 is 0 Å². The summed E-state index contributed by atoms with van der Waals surface area (Å²) in [7, 11) is 0. The Morgan fingerprint density at radius 2 is 1.91 bits per heavy atom. The van der Waals surface area contributed by atoms with Gasteiger partial charge >= 0.3 is 0 Å². The van der Waals surface area contributed by atoms with Crippen LogP contribution in [0.2, 0.25) is 0 Å². The van der Waals surface area contributed by atoms with Crippen LogP contribution in [0.1, 0.15) is 20.3 Å². The van der Waals surface area contributed by atoms with E-state index in [0.29, 0.717) is 5.92 Å². The first-order valence-electron chi connectivity index (χ1n) is 4.05. The van der Waals surface area contributed by atoms with Gasteiger partial charge < -0.3 is 9.47 Å². The number of hydrogen-bond donors (Lipinski definition) is 0. The van der Waals surface area contributed by atoms with E-state index in [-0.39, 0.29) is 5.79 Å². The molecule has 0 radical (unpaired) electrons. The van der Waals surface area contributed by atoms with Gasteiger partial charge in [-0.05, 0) is 0 Å². The molecule has 0 atom stereocenters. The van der Waals surface area contributed by atoms with Crippen molar-refractivity contribution in [2.45, 2.75) is 26.1 Å². The predicted octanol–water partition coefficient (Wildman–Crippen LogP) is 2.21. The minimum atomic E-state index is -0.263. The average molecular weight is 270 g/mol. The van der Waals surface area contributed by atoms with Crippen molar-refractivity contribution in [3.63, 3.8) is 0 Å². The summed E-state index contributed by atoms with van der Waals surface area (Å²) >= 11 is 2.36. The van der Waals surface area contributed by atoms with Crippen molar-refractivity contribution in [3.05, 3.63) is 0 Å². The second-order valence-corrected chi connectivity index (χ2v) is 4.18. The molecule has 0 saturated carbocycles. The van der Waals surface area contributed by atoms with Gasteiger partial charge in [0.15, 0.2) is 5.79 Å². The van der Waals surface area contributed by atoms with Crippen LogP contribution in [0.25, 0.3) is 0 Å². The summed E-state index contributed by atoms with van der Waals surface area (Å²) in [6.45, 7) is 5.82. The Kier molecular flexibility index (Phi) is 3.58. The Bertz CT molecular complexity index is 119. The van der Waals surface area contributed by atoms with Gasteiger partial charge in [0.1, 0.15) is 0 Å². The van der Waals surface area contributed by atoms with Gasteiger partial charge in [0, 0.05) is 16.8 Å². The van der Waals surface area contributed by atoms with Crippen LogP contribution in [-0.4, -0.2) is 23.4 Å². The monoisotopic (exact) mass is 270 g/mol. The lowest BCUT2D eigenvalue weighted by Crippen LogP contribution is -2.36. The van der Waals surface area contributed by atoms with E-state index in [9.17, 15) is 0 Å². The maximum atomic E-state index is 5.62. The molecular weight excluding hydrogens is 255 g/mol. The fourth-order valence-corrected chi connectivity index (χ4v) is 2.12. The van der Waals surface area contributed by atoms with Gasteiger partial charge in [-0.25, -0.2) is 0 Å². The first-order valence-corrected chi connectivity index (χ1v) is 5.58. The highest BCUT2D eigenvalue weighted by molar-refractivity contribution is 14.1. The van der Waals surface area contributed by atoms with Crippen LogP contribution in [0.5, 0.6) is 0 Å². The summed E-state index contributed by atoms with van der Waals surface area (Å²) in [5, 5.41) is 0. The molecule has 1 rings (SSSR count). The van der Waals surface area contributed by atoms with E-state index in [1.54, 1.807) is 0 Å². The van der Waals surface area contributed by atoms with E-state index in [1.807, 2.05) is 0 Å². The molecule has 1 saturated heterocycles. The molecule has 1 aliphatic rings. The van der Waals surface area contributed by atoms with Crippen LogP contribution in [0.4, 0.5) is 0 Å². The number of halogens is 1. The SMILES string of the molecule is CC(C)C1(CCI)OCCO1. The average Bonchev–Trinajstić information content (AvgIpc) is 2.38. The second-order valence-electron chi connectivity index (χ2n) is 3.10. The Labute approximate surface area is 81.8 Å². The third kappa shape index (κ3) is 2.06. The highest BCUT2D eigenvalue weighted by Crippen LogP contribution is 2.31. The van der Waals surface area contributed by atoms with Crippen molar-refractivity contribution < 1.29 is 9.47 Å². The standard InChI is InChI=1S/C8H15IO2/c1-7(2)8(3-4-9)10-5-6-11-8/h7H,3-6H2,1-2H3. The summed E-state index contributed by atoms with van der Waals surface area (Å²) in [4.78, 5) is 0. The smallest absolute Gasteiger partial charge is 0.171 e. The van der Waals surface area contributed by atoms with Crippen LogP contribution >= 0.6 is 22.6 Å². The maximum absolute atomic E-state index is 5.62. The Hall–Kier alpha value is 0.650. The largest absolute Gasteiger partial charge is 0.347 e. The third-order valence-electron chi connectivity index (χ3n) is 2.10. The van der Waals surface area contributed by atoms with Crippen LogP contribution in [0, 0.1) is 5.92 Å². The molecule has 0 amide bonds. The molecule has 1 aliphatic heterocycles. The summed E-state index contributed by atoms with van der Waals surface area (Å²) in [5.74, 6) is 0.195. The van der Waals surface area contributed by atoms with Gasteiger partial charge in [0.2, 0.25) is 0 Å². The second kappa shape index (κ2) is 4.05. The Balaban J connectivity index is 2.55. The van der Waals surface area contributed by atoms with E-state index in [2.05, 4.69) is 36.4 Å². The van der Waals surface area contributed by atoms with Crippen LogP contribution in [0.15, 0.2) is 0 Å². The minimum Gasteiger partial charge on any atom is -0.347 e. The zero-order chi connectivity index (χ0) is 8.32. The van der Waals surface area contributed by atoms with Gasteiger partial charge in [-0.15, -0.1) is 0 Å². The van der Waals surface area contributed by atoms with Crippen molar-refractivity contribution in [1.29, 1.82) is 0 Å². The molecule has 66 valence electrons. The molecule has 3 heteroatoms. The van der Waals surface area contributed by atoms with E-state index in [1.165, 1.54) is 0 Å². The summed E-state index contributed by atoms with van der Waals surface area (Å²) in [6.07, 6.45) is 1.01. The highest BCUT2D eigenvalue weighted by Gasteiger charge is 2.38. The molecule has 0 N–H and O–H groups in total. The molecule has 0 unspecified atom stereocenters. The first-order chi connectivity index (χ1) is 5.21. The first kappa shape index (κ1) is 9.74. The fraction of sp³-hybridized carbons (Fsp3) is 1.00. The fourth-order valence-electron chi connectivity index (χ4n) is 1.37. The van der Waals surface area contributed by atoms with Gasteiger partial charge in [0.25, 0.3) is 0 Å². The molecule has 1 heterocycles. The molecule has 0 bridgehead atoms. The van der Waals surface area contributed by atoms with Crippen molar-refractivity contribution in [3.8, 4) is 0 Å². The maximum Gasteiger partial charge on any atom is 0.171 e. The Morgan fingerprint density at radius 3 is 2.27 bits per heavy atom. The molecule has 0 aromatic carbocycles. The van der Waals surface area contributed by atoms with Gasteiger partial charge in [-0.1, -0.05) is 36.4 Å². The van der Waals surface area contributed by atoms with Crippen molar-refractivity contribution in [2.24, 2.45) is 5.92 Å². The summed E-state index contributed by atoms with van der Waals surface area (Å²) in [6, 6.07) is 0. The normalized spacial score (nSPS) is 22.9. The molecule has 11 heavy (non-hydrogen) atoms. The van der Waals surface area contributed by atoms with Crippen LogP contribution < -0.4 is 0 Å². The van der Waals surface area contributed by atoms with Crippen LogP contribution in [0.3, 0.4) is 0 Å².